The minimum atomic E-state index is -0.180. The van der Waals surface area contributed by atoms with Crippen molar-refractivity contribution in [3.05, 3.63) is 42.0 Å². The summed E-state index contributed by atoms with van der Waals surface area (Å²) in [4.78, 5) is 0. The SMILES string of the molecule is CC(C)c1ccc2cc(F)ccn12. The first kappa shape index (κ1) is 8.30. The topological polar surface area (TPSA) is 4.41 Å². The average Bonchev–Trinajstić information content (AvgIpc) is 2.46. The Labute approximate surface area is 76.8 Å². The van der Waals surface area contributed by atoms with Gasteiger partial charge in [-0.15, -0.1) is 0 Å². The van der Waals surface area contributed by atoms with Crippen LogP contribution in [0.3, 0.4) is 0 Å². The van der Waals surface area contributed by atoms with Gasteiger partial charge in [0.15, 0.2) is 0 Å². The molecule has 0 saturated carbocycles. The van der Waals surface area contributed by atoms with Gasteiger partial charge in [0.05, 0.1) is 0 Å². The van der Waals surface area contributed by atoms with Crippen LogP contribution >= 0.6 is 0 Å². The van der Waals surface area contributed by atoms with Crippen LogP contribution in [0.1, 0.15) is 25.5 Å². The van der Waals surface area contributed by atoms with Gasteiger partial charge in [0, 0.05) is 17.4 Å². The molecule has 0 aliphatic carbocycles. The van der Waals surface area contributed by atoms with Crippen molar-refractivity contribution in [1.82, 2.24) is 4.40 Å². The largest absolute Gasteiger partial charge is 0.320 e. The third-order valence-corrected chi connectivity index (χ3v) is 2.24. The van der Waals surface area contributed by atoms with E-state index in [9.17, 15) is 4.39 Å². The van der Waals surface area contributed by atoms with Crippen LogP contribution in [0, 0.1) is 5.82 Å². The van der Waals surface area contributed by atoms with Crippen molar-refractivity contribution >= 4 is 5.52 Å². The van der Waals surface area contributed by atoms with Gasteiger partial charge in [0.1, 0.15) is 5.82 Å². The van der Waals surface area contributed by atoms with E-state index in [2.05, 4.69) is 13.8 Å². The highest BCUT2D eigenvalue weighted by molar-refractivity contribution is 5.50. The first-order chi connectivity index (χ1) is 6.18. The van der Waals surface area contributed by atoms with Gasteiger partial charge in [0.2, 0.25) is 0 Å². The third kappa shape index (κ3) is 1.32. The Morgan fingerprint density at radius 2 is 2.00 bits per heavy atom. The minimum absolute atomic E-state index is 0.180. The van der Waals surface area contributed by atoms with Gasteiger partial charge < -0.3 is 4.40 Å². The molecule has 0 radical (unpaired) electrons. The van der Waals surface area contributed by atoms with E-state index in [0.717, 1.165) is 5.52 Å². The van der Waals surface area contributed by atoms with E-state index in [0.29, 0.717) is 5.92 Å². The Kier molecular flexibility index (Phi) is 1.83. The number of aromatic nitrogens is 1. The fraction of sp³-hybridized carbons (Fsp3) is 0.273. The van der Waals surface area contributed by atoms with Crippen LogP contribution in [-0.2, 0) is 0 Å². The maximum Gasteiger partial charge on any atom is 0.126 e. The third-order valence-electron chi connectivity index (χ3n) is 2.24. The van der Waals surface area contributed by atoms with Crippen molar-refractivity contribution in [2.24, 2.45) is 0 Å². The standard InChI is InChI=1S/C11H12FN/c1-8(2)11-4-3-10-7-9(12)5-6-13(10)11/h3-8H,1-2H3. The maximum absolute atomic E-state index is 12.8. The molecule has 2 rings (SSSR count). The number of rotatable bonds is 1. The van der Waals surface area contributed by atoms with Crippen molar-refractivity contribution in [2.75, 3.05) is 0 Å². The predicted octanol–water partition coefficient (Wildman–Crippen LogP) is 3.20. The Balaban J connectivity index is 2.69. The van der Waals surface area contributed by atoms with Crippen LogP contribution < -0.4 is 0 Å². The lowest BCUT2D eigenvalue weighted by Crippen LogP contribution is -1.94. The summed E-state index contributed by atoms with van der Waals surface area (Å²) >= 11 is 0. The number of hydrogen-bond acceptors (Lipinski definition) is 0. The summed E-state index contributed by atoms with van der Waals surface area (Å²) in [7, 11) is 0. The monoisotopic (exact) mass is 177 g/mol. The predicted molar refractivity (Wildman–Crippen MR) is 51.4 cm³/mol. The van der Waals surface area contributed by atoms with Crippen molar-refractivity contribution in [2.45, 2.75) is 19.8 Å². The Morgan fingerprint density at radius 3 is 2.69 bits per heavy atom. The summed E-state index contributed by atoms with van der Waals surface area (Å²) in [5, 5.41) is 0. The number of nitrogens with zero attached hydrogens (tertiary/aromatic N) is 1. The van der Waals surface area contributed by atoms with E-state index >= 15 is 0 Å². The summed E-state index contributed by atoms with van der Waals surface area (Å²) in [5.74, 6) is 0.286. The molecule has 0 fully saturated rings. The molecular weight excluding hydrogens is 165 g/mol. The Hall–Kier alpha value is -1.31. The number of hydrogen-bond donors (Lipinski definition) is 0. The van der Waals surface area contributed by atoms with Gasteiger partial charge in [-0.05, 0) is 30.2 Å². The summed E-state index contributed by atoms with van der Waals surface area (Å²) < 4.78 is 14.9. The maximum atomic E-state index is 12.8. The van der Waals surface area contributed by atoms with Gasteiger partial charge in [-0.2, -0.15) is 0 Å². The fourth-order valence-corrected chi connectivity index (χ4v) is 1.58. The molecular formula is C11H12FN. The smallest absolute Gasteiger partial charge is 0.126 e. The van der Waals surface area contributed by atoms with Gasteiger partial charge in [-0.1, -0.05) is 13.8 Å². The second-order valence-electron chi connectivity index (χ2n) is 3.55. The Bertz CT molecular complexity index is 429. The molecule has 0 N–H and O–H groups in total. The normalized spacial score (nSPS) is 11.4. The number of fused-ring (bicyclic) bond motifs is 1. The first-order valence-electron chi connectivity index (χ1n) is 4.45. The molecule has 1 nitrogen and oxygen atoms in total. The first-order valence-corrected chi connectivity index (χ1v) is 4.45. The lowest BCUT2D eigenvalue weighted by Gasteiger charge is -2.05. The molecule has 0 aliphatic heterocycles. The summed E-state index contributed by atoms with van der Waals surface area (Å²) in [5.41, 5.74) is 2.14. The second kappa shape index (κ2) is 2.87. The molecule has 0 aromatic carbocycles. The molecule has 0 spiro atoms. The molecule has 0 saturated heterocycles. The summed E-state index contributed by atoms with van der Waals surface area (Å²) in [6, 6.07) is 7.02. The highest BCUT2D eigenvalue weighted by atomic mass is 19.1. The van der Waals surface area contributed by atoms with Crippen LogP contribution in [0.4, 0.5) is 4.39 Å². The zero-order valence-corrected chi connectivity index (χ0v) is 7.79. The molecule has 0 aliphatic rings. The van der Waals surface area contributed by atoms with Gasteiger partial charge in [-0.25, -0.2) is 4.39 Å². The van der Waals surface area contributed by atoms with Crippen molar-refractivity contribution < 1.29 is 4.39 Å². The van der Waals surface area contributed by atoms with Crippen LogP contribution in [0.5, 0.6) is 0 Å². The lowest BCUT2D eigenvalue weighted by molar-refractivity contribution is 0.626. The van der Waals surface area contributed by atoms with E-state index < -0.39 is 0 Å². The average molecular weight is 177 g/mol. The molecule has 0 bridgehead atoms. The zero-order chi connectivity index (χ0) is 9.42. The van der Waals surface area contributed by atoms with Crippen molar-refractivity contribution in [3.63, 3.8) is 0 Å². The highest BCUT2D eigenvalue weighted by Crippen LogP contribution is 2.18. The lowest BCUT2D eigenvalue weighted by atomic mass is 10.1. The van der Waals surface area contributed by atoms with E-state index in [1.807, 2.05) is 16.5 Å². The molecule has 2 heterocycles. The molecule has 2 aromatic rings. The zero-order valence-electron chi connectivity index (χ0n) is 7.79. The minimum Gasteiger partial charge on any atom is -0.320 e. The quantitative estimate of drug-likeness (QED) is 0.630. The van der Waals surface area contributed by atoms with E-state index in [1.54, 1.807) is 12.3 Å². The number of pyridine rings is 1. The molecule has 2 heteroatoms. The molecule has 0 amide bonds. The van der Waals surface area contributed by atoms with Crippen molar-refractivity contribution in [1.29, 1.82) is 0 Å². The van der Waals surface area contributed by atoms with E-state index in [4.69, 9.17) is 0 Å². The molecule has 68 valence electrons. The second-order valence-corrected chi connectivity index (χ2v) is 3.55. The van der Waals surface area contributed by atoms with Crippen molar-refractivity contribution in [3.8, 4) is 0 Å². The van der Waals surface area contributed by atoms with Crippen LogP contribution in [0.2, 0.25) is 0 Å². The van der Waals surface area contributed by atoms with Gasteiger partial charge in [0.25, 0.3) is 0 Å². The van der Waals surface area contributed by atoms with E-state index in [1.165, 1.54) is 11.8 Å². The van der Waals surface area contributed by atoms with Crippen LogP contribution in [0.25, 0.3) is 5.52 Å². The Morgan fingerprint density at radius 1 is 1.23 bits per heavy atom. The highest BCUT2D eigenvalue weighted by Gasteiger charge is 2.05. The van der Waals surface area contributed by atoms with E-state index in [-0.39, 0.29) is 5.82 Å². The van der Waals surface area contributed by atoms with Crippen LogP contribution in [-0.4, -0.2) is 4.40 Å². The van der Waals surface area contributed by atoms with Gasteiger partial charge >= 0.3 is 0 Å². The van der Waals surface area contributed by atoms with Gasteiger partial charge in [-0.3, -0.25) is 0 Å². The molecule has 0 atom stereocenters. The molecule has 2 aromatic heterocycles. The molecule has 0 unspecified atom stereocenters. The fourth-order valence-electron chi connectivity index (χ4n) is 1.58. The summed E-state index contributed by atoms with van der Waals surface area (Å²) in [6.07, 6.45) is 1.78. The van der Waals surface area contributed by atoms with Crippen LogP contribution in [0.15, 0.2) is 30.5 Å². The number of halogens is 1. The summed E-state index contributed by atoms with van der Waals surface area (Å²) in [6.45, 7) is 4.26. The molecule has 13 heavy (non-hydrogen) atoms.